The molecule has 0 aliphatic heterocycles. The van der Waals surface area contributed by atoms with Gasteiger partial charge in [-0.15, -0.1) is 11.3 Å². The first-order chi connectivity index (χ1) is 13.3. The lowest BCUT2D eigenvalue weighted by Crippen LogP contribution is -2.24. The molecule has 28 heavy (non-hydrogen) atoms. The molecule has 3 rings (SSSR count). The SMILES string of the molecule is CC(C)CCn1c(SCC(=O)Nc2ccc(F)c(Cl)c2)nc2ccsc2c1=O. The summed E-state index contributed by atoms with van der Waals surface area (Å²) in [6, 6.07) is 5.80. The zero-order valence-corrected chi connectivity index (χ0v) is 17.8. The number of anilines is 1. The molecule has 1 aromatic carbocycles. The number of carbonyl (C=O) groups is 1. The Labute approximate surface area is 174 Å². The number of halogens is 2. The largest absolute Gasteiger partial charge is 0.325 e. The fourth-order valence-corrected chi connectivity index (χ4v) is 4.30. The Morgan fingerprint density at radius 3 is 2.89 bits per heavy atom. The molecule has 0 bridgehead atoms. The molecule has 0 saturated heterocycles. The number of hydrogen-bond acceptors (Lipinski definition) is 5. The van der Waals surface area contributed by atoms with Gasteiger partial charge in [-0.3, -0.25) is 14.2 Å². The summed E-state index contributed by atoms with van der Waals surface area (Å²) >= 11 is 8.31. The predicted molar refractivity (Wildman–Crippen MR) is 114 cm³/mol. The van der Waals surface area contributed by atoms with Gasteiger partial charge in [-0.05, 0) is 42.0 Å². The van der Waals surface area contributed by atoms with E-state index in [9.17, 15) is 14.0 Å². The van der Waals surface area contributed by atoms with E-state index in [1.165, 1.54) is 41.3 Å². The summed E-state index contributed by atoms with van der Waals surface area (Å²) in [6.07, 6.45) is 0.840. The highest BCUT2D eigenvalue weighted by atomic mass is 35.5. The summed E-state index contributed by atoms with van der Waals surface area (Å²) in [5.41, 5.74) is 0.980. The van der Waals surface area contributed by atoms with E-state index >= 15 is 0 Å². The van der Waals surface area contributed by atoms with E-state index in [0.29, 0.717) is 33.5 Å². The lowest BCUT2D eigenvalue weighted by atomic mass is 10.1. The fourth-order valence-electron chi connectivity index (χ4n) is 2.52. The van der Waals surface area contributed by atoms with E-state index in [-0.39, 0.29) is 22.2 Å². The van der Waals surface area contributed by atoms with Crippen molar-refractivity contribution in [3.63, 3.8) is 0 Å². The standard InChI is InChI=1S/C19H19ClFN3O2S2/c1-11(2)5-7-24-18(26)17-15(6-8-27-17)23-19(24)28-10-16(25)22-12-3-4-14(21)13(20)9-12/h3-4,6,8-9,11H,5,7,10H2,1-2H3,(H,22,25). The Balaban J connectivity index is 1.76. The highest BCUT2D eigenvalue weighted by molar-refractivity contribution is 7.99. The number of benzene rings is 1. The Bertz CT molecular complexity index is 1070. The zero-order chi connectivity index (χ0) is 20.3. The van der Waals surface area contributed by atoms with Crippen molar-refractivity contribution in [1.82, 2.24) is 9.55 Å². The number of fused-ring (bicyclic) bond motifs is 1. The van der Waals surface area contributed by atoms with Gasteiger partial charge in [0.2, 0.25) is 5.91 Å². The molecule has 1 amide bonds. The molecule has 0 radical (unpaired) electrons. The van der Waals surface area contributed by atoms with Crippen LogP contribution < -0.4 is 10.9 Å². The number of hydrogen-bond donors (Lipinski definition) is 1. The highest BCUT2D eigenvalue weighted by Gasteiger charge is 2.15. The number of thioether (sulfide) groups is 1. The minimum atomic E-state index is -0.545. The van der Waals surface area contributed by atoms with E-state index in [2.05, 4.69) is 24.1 Å². The van der Waals surface area contributed by atoms with Crippen LogP contribution in [0.2, 0.25) is 5.02 Å². The van der Waals surface area contributed by atoms with Gasteiger partial charge in [0.1, 0.15) is 10.5 Å². The number of carbonyl (C=O) groups excluding carboxylic acids is 1. The van der Waals surface area contributed by atoms with E-state index in [4.69, 9.17) is 11.6 Å². The minimum absolute atomic E-state index is 0.0578. The van der Waals surface area contributed by atoms with Crippen LogP contribution in [0.4, 0.5) is 10.1 Å². The maximum absolute atomic E-state index is 13.2. The first-order valence-corrected chi connectivity index (χ1v) is 10.9. The predicted octanol–water partition coefficient (Wildman–Crippen LogP) is 5.03. The topological polar surface area (TPSA) is 64.0 Å². The average molecular weight is 440 g/mol. The number of thiophene rings is 1. The molecule has 2 aromatic heterocycles. The molecule has 9 heteroatoms. The summed E-state index contributed by atoms with van der Waals surface area (Å²) in [7, 11) is 0. The summed E-state index contributed by atoms with van der Waals surface area (Å²) in [5, 5.41) is 4.97. The molecule has 3 aromatic rings. The molecular weight excluding hydrogens is 421 g/mol. The highest BCUT2D eigenvalue weighted by Crippen LogP contribution is 2.23. The van der Waals surface area contributed by atoms with E-state index in [1.807, 2.05) is 5.38 Å². The summed E-state index contributed by atoms with van der Waals surface area (Å²) in [5.74, 6) is -0.326. The van der Waals surface area contributed by atoms with Gasteiger partial charge in [-0.25, -0.2) is 9.37 Å². The summed E-state index contributed by atoms with van der Waals surface area (Å²) in [4.78, 5) is 29.6. The first-order valence-electron chi connectivity index (χ1n) is 8.71. The molecule has 0 atom stereocenters. The van der Waals surface area contributed by atoms with Crippen molar-refractivity contribution >= 4 is 56.5 Å². The Kier molecular flexibility index (Phi) is 6.74. The van der Waals surface area contributed by atoms with Gasteiger partial charge >= 0.3 is 0 Å². The van der Waals surface area contributed by atoms with Crippen LogP contribution in [0, 0.1) is 11.7 Å². The lowest BCUT2D eigenvalue weighted by Gasteiger charge is -2.13. The second-order valence-electron chi connectivity index (χ2n) is 6.63. The van der Waals surface area contributed by atoms with Crippen LogP contribution in [0.1, 0.15) is 20.3 Å². The van der Waals surface area contributed by atoms with Crippen LogP contribution in [0.5, 0.6) is 0 Å². The van der Waals surface area contributed by atoms with Crippen molar-refractivity contribution in [2.75, 3.05) is 11.1 Å². The third-order valence-corrected chi connectivity index (χ3v) is 6.15. The van der Waals surface area contributed by atoms with Crippen molar-refractivity contribution in [1.29, 1.82) is 0 Å². The van der Waals surface area contributed by atoms with Gasteiger partial charge in [0.25, 0.3) is 5.56 Å². The maximum Gasteiger partial charge on any atom is 0.272 e. The summed E-state index contributed by atoms with van der Waals surface area (Å²) < 4.78 is 15.5. The fraction of sp³-hybridized carbons (Fsp3) is 0.316. The second kappa shape index (κ2) is 9.07. The average Bonchev–Trinajstić information content (AvgIpc) is 3.11. The van der Waals surface area contributed by atoms with Gasteiger partial charge in [0.15, 0.2) is 5.16 Å². The van der Waals surface area contributed by atoms with Crippen LogP contribution in [-0.2, 0) is 11.3 Å². The molecule has 0 saturated carbocycles. The quantitative estimate of drug-likeness (QED) is 0.414. The van der Waals surface area contributed by atoms with Gasteiger partial charge in [0.05, 0.1) is 16.3 Å². The molecule has 0 fully saturated rings. The molecule has 1 N–H and O–H groups in total. The molecule has 0 unspecified atom stereocenters. The van der Waals surface area contributed by atoms with E-state index in [0.717, 1.165) is 6.42 Å². The normalized spacial score (nSPS) is 11.3. The van der Waals surface area contributed by atoms with Crippen LogP contribution in [0.25, 0.3) is 10.2 Å². The van der Waals surface area contributed by atoms with Gasteiger partial charge < -0.3 is 5.32 Å². The monoisotopic (exact) mass is 439 g/mol. The number of rotatable bonds is 7. The van der Waals surface area contributed by atoms with Crippen LogP contribution >= 0.6 is 34.7 Å². The van der Waals surface area contributed by atoms with Gasteiger partial charge in [0, 0.05) is 12.2 Å². The first kappa shape index (κ1) is 20.8. The van der Waals surface area contributed by atoms with Crippen LogP contribution in [-0.4, -0.2) is 21.2 Å². The second-order valence-corrected chi connectivity index (χ2v) is 8.90. The third-order valence-electron chi connectivity index (χ3n) is 4.00. The molecule has 148 valence electrons. The van der Waals surface area contributed by atoms with Crippen molar-refractivity contribution in [3.05, 3.63) is 50.8 Å². The summed E-state index contributed by atoms with van der Waals surface area (Å²) in [6.45, 7) is 4.74. The lowest BCUT2D eigenvalue weighted by molar-refractivity contribution is -0.113. The molecular formula is C19H19ClFN3O2S2. The number of amides is 1. The van der Waals surface area contributed by atoms with Gasteiger partial charge in [-0.2, -0.15) is 0 Å². The smallest absolute Gasteiger partial charge is 0.272 e. The molecule has 0 aliphatic rings. The minimum Gasteiger partial charge on any atom is -0.325 e. The zero-order valence-electron chi connectivity index (χ0n) is 15.4. The Hall–Kier alpha value is -1.90. The van der Waals surface area contributed by atoms with Crippen molar-refractivity contribution in [2.24, 2.45) is 5.92 Å². The Morgan fingerprint density at radius 2 is 2.18 bits per heavy atom. The maximum atomic E-state index is 13.2. The van der Waals surface area contributed by atoms with Crippen molar-refractivity contribution in [2.45, 2.75) is 32.0 Å². The molecule has 0 aliphatic carbocycles. The van der Waals surface area contributed by atoms with Crippen LogP contribution in [0.3, 0.4) is 0 Å². The van der Waals surface area contributed by atoms with Crippen LogP contribution in [0.15, 0.2) is 39.6 Å². The van der Waals surface area contributed by atoms with E-state index < -0.39 is 5.82 Å². The molecule has 5 nitrogen and oxygen atoms in total. The van der Waals surface area contributed by atoms with Gasteiger partial charge in [-0.1, -0.05) is 37.2 Å². The molecule has 0 spiro atoms. The van der Waals surface area contributed by atoms with E-state index in [1.54, 1.807) is 10.6 Å². The molecule has 2 heterocycles. The number of nitrogens with one attached hydrogen (secondary N) is 1. The Morgan fingerprint density at radius 1 is 1.39 bits per heavy atom. The van der Waals surface area contributed by atoms with Crippen molar-refractivity contribution in [3.8, 4) is 0 Å². The number of aromatic nitrogens is 2. The van der Waals surface area contributed by atoms with Crippen molar-refractivity contribution < 1.29 is 9.18 Å². The third kappa shape index (κ3) is 4.92. The number of nitrogens with zero attached hydrogens (tertiary/aromatic N) is 2.